The number of nitriles is 1. The fourth-order valence-corrected chi connectivity index (χ4v) is 1.59. The van der Waals surface area contributed by atoms with Crippen LogP contribution in [0.15, 0.2) is 0 Å². The van der Waals surface area contributed by atoms with E-state index in [9.17, 15) is 9.59 Å². The van der Waals surface area contributed by atoms with Gasteiger partial charge in [0.15, 0.2) is 0 Å². The topological polar surface area (TPSA) is 82.0 Å². The Morgan fingerprint density at radius 1 is 1.79 bits per heavy atom. The standard InChI is InChI=1S/C9H13N3O2/c10-5-8(12-6-13)4-7-2-1-3-11-9(7)14/h6-8H,1-4H2,(H,11,14)(H,12,13). The number of carbonyl (C=O) groups is 2. The summed E-state index contributed by atoms with van der Waals surface area (Å²) in [4.78, 5) is 21.4. The summed E-state index contributed by atoms with van der Waals surface area (Å²) in [5.74, 6) is -0.148. The first-order valence-corrected chi connectivity index (χ1v) is 4.65. The molecule has 1 heterocycles. The molecule has 2 atom stereocenters. The minimum absolute atomic E-state index is 0.0100. The maximum atomic E-state index is 11.3. The lowest BCUT2D eigenvalue weighted by Crippen LogP contribution is -2.40. The Hall–Kier alpha value is -1.57. The SMILES string of the molecule is N#CC(CC1CCCNC1=O)NC=O. The van der Waals surface area contributed by atoms with Gasteiger partial charge in [0.05, 0.1) is 6.07 Å². The molecule has 0 saturated carbocycles. The summed E-state index contributed by atoms with van der Waals surface area (Å²) in [5, 5.41) is 13.8. The third-order valence-electron chi connectivity index (χ3n) is 2.34. The van der Waals surface area contributed by atoms with E-state index in [0.29, 0.717) is 19.4 Å². The minimum atomic E-state index is -0.554. The van der Waals surface area contributed by atoms with Crippen LogP contribution in [0.5, 0.6) is 0 Å². The highest BCUT2D eigenvalue weighted by atomic mass is 16.2. The number of hydrogen-bond acceptors (Lipinski definition) is 3. The third kappa shape index (κ3) is 2.73. The molecule has 2 amide bonds. The molecule has 1 saturated heterocycles. The van der Waals surface area contributed by atoms with Crippen LogP contribution in [0.1, 0.15) is 19.3 Å². The van der Waals surface area contributed by atoms with Gasteiger partial charge in [-0.1, -0.05) is 0 Å². The van der Waals surface area contributed by atoms with Crippen molar-refractivity contribution in [3.63, 3.8) is 0 Å². The summed E-state index contributed by atoms with van der Waals surface area (Å²) in [6.07, 6.45) is 2.63. The zero-order valence-electron chi connectivity index (χ0n) is 7.82. The number of nitrogens with one attached hydrogen (secondary N) is 2. The zero-order chi connectivity index (χ0) is 10.4. The van der Waals surface area contributed by atoms with Gasteiger partial charge in [-0.25, -0.2) is 0 Å². The van der Waals surface area contributed by atoms with Crippen LogP contribution in [0, 0.1) is 17.2 Å². The van der Waals surface area contributed by atoms with E-state index in [1.165, 1.54) is 0 Å². The number of nitrogens with zero attached hydrogens (tertiary/aromatic N) is 1. The number of carbonyl (C=O) groups excluding carboxylic acids is 2. The summed E-state index contributed by atoms with van der Waals surface area (Å²) < 4.78 is 0. The Balaban J connectivity index is 2.44. The second-order valence-corrected chi connectivity index (χ2v) is 3.33. The molecule has 1 rings (SSSR count). The van der Waals surface area contributed by atoms with Gasteiger partial charge in [-0.3, -0.25) is 9.59 Å². The molecule has 5 heteroatoms. The number of hydrogen-bond donors (Lipinski definition) is 2. The molecule has 0 spiro atoms. The lowest BCUT2D eigenvalue weighted by atomic mass is 9.92. The average Bonchev–Trinajstić information content (AvgIpc) is 2.20. The van der Waals surface area contributed by atoms with Crippen molar-refractivity contribution in [1.82, 2.24) is 10.6 Å². The van der Waals surface area contributed by atoms with Gasteiger partial charge in [0.2, 0.25) is 12.3 Å². The van der Waals surface area contributed by atoms with E-state index >= 15 is 0 Å². The van der Waals surface area contributed by atoms with Gasteiger partial charge in [-0.15, -0.1) is 0 Å². The Labute approximate surface area is 82.5 Å². The van der Waals surface area contributed by atoms with Crippen LogP contribution in [0.4, 0.5) is 0 Å². The van der Waals surface area contributed by atoms with E-state index in [2.05, 4.69) is 10.6 Å². The third-order valence-corrected chi connectivity index (χ3v) is 2.34. The molecule has 0 aromatic heterocycles. The van der Waals surface area contributed by atoms with E-state index in [1.54, 1.807) is 0 Å². The molecule has 0 aromatic rings. The van der Waals surface area contributed by atoms with Gasteiger partial charge in [0.25, 0.3) is 0 Å². The van der Waals surface area contributed by atoms with E-state index in [-0.39, 0.29) is 11.8 Å². The molecule has 76 valence electrons. The first kappa shape index (κ1) is 10.5. The molecule has 14 heavy (non-hydrogen) atoms. The lowest BCUT2D eigenvalue weighted by Gasteiger charge is -2.23. The largest absolute Gasteiger partial charge is 0.356 e. The monoisotopic (exact) mass is 195 g/mol. The van der Waals surface area contributed by atoms with Gasteiger partial charge in [-0.05, 0) is 19.3 Å². The van der Waals surface area contributed by atoms with E-state index < -0.39 is 6.04 Å². The molecule has 1 fully saturated rings. The van der Waals surface area contributed by atoms with Crippen LogP contribution in [-0.2, 0) is 9.59 Å². The number of amides is 2. The van der Waals surface area contributed by atoms with Crippen LogP contribution < -0.4 is 10.6 Å². The maximum absolute atomic E-state index is 11.3. The number of piperidine rings is 1. The molecule has 0 radical (unpaired) electrons. The molecule has 0 aromatic carbocycles. The molecular weight excluding hydrogens is 182 g/mol. The lowest BCUT2D eigenvalue weighted by molar-refractivity contribution is -0.127. The fourth-order valence-electron chi connectivity index (χ4n) is 1.59. The van der Waals surface area contributed by atoms with Crippen molar-refractivity contribution in [2.45, 2.75) is 25.3 Å². The van der Waals surface area contributed by atoms with Crippen LogP contribution in [-0.4, -0.2) is 24.9 Å². The first-order chi connectivity index (χ1) is 6.77. The van der Waals surface area contributed by atoms with Crippen molar-refractivity contribution < 1.29 is 9.59 Å². The van der Waals surface area contributed by atoms with Gasteiger partial charge < -0.3 is 10.6 Å². The maximum Gasteiger partial charge on any atom is 0.223 e. The van der Waals surface area contributed by atoms with E-state index in [4.69, 9.17) is 5.26 Å². The van der Waals surface area contributed by atoms with Crippen LogP contribution in [0.3, 0.4) is 0 Å². The predicted molar refractivity (Wildman–Crippen MR) is 49.0 cm³/mol. The Morgan fingerprint density at radius 2 is 2.57 bits per heavy atom. The molecular formula is C9H13N3O2. The molecule has 5 nitrogen and oxygen atoms in total. The van der Waals surface area contributed by atoms with E-state index in [1.807, 2.05) is 6.07 Å². The van der Waals surface area contributed by atoms with Crippen LogP contribution >= 0.6 is 0 Å². The molecule has 2 unspecified atom stereocenters. The molecule has 2 N–H and O–H groups in total. The second-order valence-electron chi connectivity index (χ2n) is 3.33. The normalized spacial score (nSPS) is 23.1. The van der Waals surface area contributed by atoms with Crippen molar-refractivity contribution in [2.24, 2.45) is 5.92 Å². The predicted octanol–water partition coefficient (Wildman–Crippen LogP) is -0.459. The van der Waals surface area contributed by atoms with Crippen molar-refractivity contribution in [2.75, 3.05) is 6.54 Å². The highest BCUT2D eigenvalue weighted by Gasteiger charge is 2.24. The molecule has 0 bridgehead atoms. The van der Waals surface area contributed by atoms with E-state index in [0.717, 1.165) is 12.8 Å². The molecule has 1 aliphatic heterocycles. The quantitative estimate of drug-likeness (QED) is 0.595. The smallest absolute Gasteiger partial charge is 0.223 e. The second kappa shape index (κ2) is 5.22. The molecule has 1 aliphatic rings. The van der Waals surface area contributed by atoms with Crippen LogP contribution in [0.25, 0.3) is 0 Å². The van der Waals surface area contributed by atoms with Gasteiger partial charge in [-0.2, -0.15) is 5.26 Å². The Bertz CT molecular complexity index is 259. The highest BCUT2D eigenvalue weighted by Crippen LogP contribution is 2.16. The fraction of sp³-hybridized carbons (Fsp3) is 0.667. The number of rotatable bonds is 4. The first-order valence-electron chi connectivity index (χ1n) is 4.65. The van der Waals surface area contributed by atoms with Crippen LogP contribution in [0.2, 0.25) is 0 Å². The zero-order valence-corrected chi connectivity index (χ0v) is 7.82. The van der Waals surface area contributed by atoms with Crippen molar-refractivity contribution in [3.05, 3.63) is 0 Å². The van der Waals surface area contributed by atoms with Gasteiger partial charge in [0.1, 0.15) is 6.04 Å². The summed E-state index contributed by atoms with van der Waals surface area (Å²) in [7, 11) is 0. The summed E-state index contributed by atoms with van der Waals surface area (Å²) in [6, 6.07) is 1.39. The van der Waals surface area contributed by atoms with Crippen molar-refractivity contribution in [1.29, 1.82) is 5.26 Å². The summed E-state index contributed by atoms with van der Waals surface area (Å²) in [5.41, 5.74) is 0. The van der Waals surface area contributed by atoms with Gasteiger partial charge >= 0.3 is 0 Å². The minimum Gasteiger partial charge on any atom is -0.356 e. The van der Waals surface area contributed by atoms with Gasteiger partial charge in [0, 0.05) is 12.5 Å². The highest BCUT2D eigenvalue weighted by molar-refractivity contribution is 5.79. The van der Waals surface area contributed by atoms with Crippen molar-refractivity contribution in [3.8, 4) is 6.07 Å². The average molecular weight is 195 g/mol. The van der Waals surface area contributed by atoms with Crippen molar-refractivity contribution >= 4 is 12.3 Å². The molecule has 0 aliphatic carbocycles. The Kier molecular flexibility index (Phi) is 3.92. The summed E-state index contributed by atoms with van der Waals surface area (Å²) in [6.45, 7) is 0.716. The Morgan fingerprint density at radius 3 is 3.14 bits per heavy atom. The summed E-state index contributed by atoms with van der Waals surface area (Å²) >= 11 is 0.